The van der Waals surface area contributed by atoms with Crippen LogP contribution in [0.1, 0.15) is 24.2 Å². The summed E-state index contributed by atoms with van der Waals surface area (Å²) >= 11 is 0. The largest absolute Gasteiger partial charge is 0.322 e. The topological polar surface area (TPSA) is 73.1 Å². The van der Waals surface area contributed by atoms with Crippen LogP contribution in [0.3, 0.4) is 0 Å². The second-order valence-electron chi connectivity index (χ2n) is 5.63. The number of rotatable bonds is 5. The predicted molar refractivity (Wildman–Crippen MR) is 79.8 cm³/mol. The number of anilines is 1. The lowest BCUT2D eigenvalue weighted by atomic mass is 9.97. The van der Waals surface area contributed by atoms with Gasteiger partial charge in [0.25, 0.3) is 0 Å². The van der Waals surface area contributed by atoms with E-state index in [0.717, 1.165) is 55.5 Å². The first-order valence-electron chi connectivity index (χ1n) is 7.28. The summed E-state index contributed by atoms with van der Waals surface area (Å²) in [5, 5.41) is 13.1. The molecule has 6 nitrogen and oxygen atoms in total. The maximum Gasteiger partial charge on any atom is 0.238 e. The number of likely N-dealkylation sites (tertiary alicyclic amines) is 1. The van der Waals surface area contributed by atoms with Crippen molar-refractivity contribution in [3.05, 3.63) is 11.4 Å². The summed E-state index contributed by atoms with van der Waals surface area (Å²) < 4.78 is 0. The number of hydrogen-bond donors (Lipinski definition) is 3. The van der Waals surface area contributed by atoms with E-state index in [-0.39, 0.29) is 5.91 Å². The lowest BCUT2D eigenvalue weighted by molar-refractivity contribution is -0.117. The van der Waals surface area contributed by atoms with Crippen LogP contribution in [0.2, 0.25) is 0 Å². The Morgan fingerprint density at radius 2 is 2.10 bits per heavy atom. The van der Waals surface area contributed by atoms with Crippen LogP contribution >= 0.6 is 0 Å². The van der Waals surface area contributed by atoms with E-state index in [2.05, 4.69) is 25.7 Å². The predicted octanol–water partition coefficient (Wildman–Crippen LogP) is 0.896. The molecule has 1 amide bonds. The molecule has 20 heavy (non-hydrogen) atoms. The zero-order valence-electron chi connectivity index (χ0n) is 12.6. The first-order chi connectivity index (χ1) is 9.60. The molecule has 0 atom stereocenters. The smallest absolute Gasteiger partial charge is 0.238 e. The van der Waals surface area contributed by atoms with Crippen LogP contribution in [0, 0.1) is 19.8 Å². The fourth-order valence-electron chi connectivity index (χ4n) is 2.75. The number of nitrogens with one attached hydrogen (secondary N) is 3. The van der Waals surface area contributed by atoms with E-state index < -0.39 is 0 Å². The number of aryl methyl sites for hydroxylation is 2. The molecule has 0 radical (unpaired) electrons. The van der Waals surface area contributed by atoms with Gasteiger partial charge < -0.3 is 10.6 Å². The monoisotopic (exact) mass is 279 g/mol. The molecule has 112 valence electrons. The van der Waals surface area contributed by atoms with Crippen molar-refractivity contribution in [2.45, 2.75) is 26.7 Å². The fraction of sp³-hybridized carbons (Fsp3) is 0.714. The number of nitrogens with zero attached hydrogens (tertiary/aromatic N) is 2. The summed E-state index contributed by atoms with van der Waals surface area (Å²) in [5.41, 5.74) is 2.56. The molecular formula is C14H25N5O. The van der Waals surface area contributed by atoms with E-state index in [9.17, 15) is 4.79 Å². The van der Waals surface area contributed by atoms with Crippen LogP contribution in [0.25, 0.3) is 0 Å². The average molecular weight is 279 g/mol. The second kappa shape index (κ2) is 6.85. The Kier molecular flexibility index (Phi) is 5.14. The van der Waals surface area contributed by atoms with Gasteiger partial charge in [-0.3, -0.25) is 14.8 Å². The molecule has 1 aliphatic heterocycles. The van der Waals surface area contributed by atoms with Gasteiger partial charge in [-0.2, -0.15) is 5.10 Å². The Labute approximate surface area is 120 Å². The Bertz CT molecular complexity index is 429. The van der Waals surface area contributed by atoms with Gasteiger partial charge in [-0.05, 0) is 59.3 Å². The molecule has 2 rings (SSSR count). The highest BCUT2D eigenvalue weighted by Gasteiger charge is 2.20. The lowest BCUT2D eigenvalue weighted by Gasteiger charge is -2.31. The van der Waals surface area contributed by atoms with Crippen molar-refractivity contribution < 1.29 is 4.79 Å². The molecule has 0 spiro atoms. The molecule has 1 aliphatic rings. The fourth-order valence-corrected chi connectivity index (χ4v) is 2.75. The number of aromatic amines is 1. The van der Waals surface area contributed by atoms with Gasteiger partial charge in [-0.15, -0.1) is 0 Å². The van der Waals surface area contributed by atoms with Crippen molar-refractivity contribution in [3.8, 4) is 0 Å². The lowest BCUT2D eigenvalue weighted by Crippen LogP contribution is -2.40. The van der Waals surface area contributed by atoms with Gasteiger partial charge in [0, 0.05) is 0 Å². The minimum atomic E-state index is 0.0460. The number of carbonyl (C=O) groups excluding carboxylic acids is 1. The van der Waals surface area contributed by atoms with Gasteiger partial charge in [-0.25, -0.2) is 0 Å². The molecule has 1 saturated heterocycles. The Morgan fingerprint density at radius 1 is 1.40 bits per heavy atom. The Balaban J connectivity index is 1.78. The number of piperidine rings is 1. The van der Waals surface area contributed by atoms with E-state index in [1.54, 1.807) is 0 Å². The van der Waals surface area contributed by atoms with Crippen molar-refractivity contribution in [1.29, 1.82) is 0 Å². The third-order valence-corrected chi connectivity index (χ3v) is 3.96. The van der Waals surface area contributed by atoms with Crippen molar-refractivity contribution >= 4 is 11.6 Å². The van der Waals surface area contributed by atoms with Crippen LogP contribution in [0.15, 0.2) is 0 Å². The van der Waals surface area contributed by atoms with Crippen LogP contribution in [-0.2, 0) is 4.79 Å². The van der Waals surface area contributed by atoms with E-state index in [4.69, 9.17) is 0 Å². The van der Waals surface area contributed by atoms with Crippen LogP contribution in [0.5, 0.6) is 0 Å². The number of amides is 1. The molecular weight excluding hydrogens is 254 g/mol. The van der Waals surface area contributed by atoms with Crippen molar-refractivity contribution in [1.82, 2.24) is 20.4 Å². The molecule has 2 heterocycles. The first-order valence-corrected chi connectivity index (χ1v) is 7.28. The minimum Gasteiger partial charge on any atom is -0.322 e. The molecule has 0 aliphatic carbocycles. The highest BCUT2D eigenvalue weighted by Crippen LogP contribution is 2.18. The molecule has 0 bridgehead atoms. The third kappa shape index (κ3) is 3.80. The SMILES string of the molecule is CNCC1CCN(CC(=O)Nc2c(C)n[nH]c2C)CC1. The van der Waals surface area contributed by atoms with Crippen molar-refractivity contribution in [2.75, 3.05) is 38.5 Å². The molecule has 0 unspecified atom stereocenters. The first kappa shape index (κ1) is 15.0. The second-order valence-corrected chi connectivity index (χ2v) is 5.63. The molecule has 0 saturated carbocycles. The quantitative estimate of drug-likeness (QED) is 0.748. The van der Waals surface area contributed by atoms with Gasteiger partial charge in [0.15, 0.2) is 0 Å². The molecule has 1 aromatic heterocycles. The van der Waals surface area contributed by atoms with E-state index >= 15 is 0 Å². The zero-order valence-corrected chi connectivity index (χ0v) is 12.6. The Hall–Kier alpha value is -1.40. The summed E-state index contributed by atoms with van der Waals surface area (Å²) in [7, 11) is 2.00. The van der Waals surface area contributed by atoms with Crippen LogP contribution < -0.4 is 10.6 Å². The van der Waals surface area contributed by atoms with Gasteiger partial charge in [-0.1, -0.05) is 0 Å². The molecule has 1 fully saturated rings. The Morgan fingerprint density at radius 3 is 2.65 bits per heavy atom. The van der Waals surface area contributed by atoms with Crippen molar-refractivity contribution in [2.24, 2.45) is 5.92 Å². The maximum absolute atomic E-state index is 12.1. The standard InChI is InChI=1S/C14H25N5O/c1-10-14(11(2)18-17-10)16-13(20)9-19-6-4-12(5-7-19)8-15-3/h12,15H,4-9H2,1-3H3,(H,16,20)(H,17,18). The highest BCUT2D eigenvalue weighted by atomic mass is 16.2. The summed E-state index contributed by atoms with van der Waals surface area (Å²) in [6, 6.07) is 0. The molecule has 1 aromatic rings. The van der Waals surface area contributed by atoms with Gasteiger partial charge in [0.1, 0.15) is 0 Å². The maximum atomic E-state index is 12.1. The summed E-state index contributed by atoms with van der Waals surface area (Å²) in [6.45, 7) is 7.36. The molecule has 0 aromatic carbocycles. The zero-order chi connectivity index (χ0) is 14.5. The van der Waals surface area contributed by atoms with E-state index in [0.29, 0.717) is 6.54 Å². The number of carbonyl (C=O) groups is 1. The van der Waals surface area contributed by atoms with Crippen molar-refractivity contribution in [3.63, 3.8) is 0 Å². The normalized spacial score (nSPS) is 17.4. The number of H-pyrrole nitrogens is 1. The van der Waals surface area contributed by atoms with E-state index in [1.807, 2.05) is 20.9 Å². The minimum absolute atomic E-state index is 0.0460. The molecule has 6 heteroatoms. The van der Waals surface area contributed by atoms with Crippen LogP contribution in [0.4, 0.5) is 5.69 Å². The summed E-state index contributed by atoms with van der Waals surface area (Å²) in [5.74, 6) is 0.794. The third-order valence-electron chi connectivity index (χ3n) is 3.96. The van der Waals surface area contributed by atoms with E-state index in [1.165, 1.54) is 0 Å². The number of hydrogen-bond acceptors (Lipinski definition) is 4. The van der Waals surface area contributed by atoms with Gasteiger partial charge in [0.05, 0.1) is 23.6 Å². The highest BCUT2D eigenvalue weighted by molar-refractivity contribution is 5.93. The van der Waals surface area contributed by atoms with Crippen LogP contribution in [-0.4, -0.2) is 54.2 Å². The van der Waals surface area contributed by atoms with Gasteiger partial charge >= 0.3 is 0 Å². The van der Waals surface area contributed by atoms with Gasteiger partial charge in [0.2, 0.25) is 5.91 Å². The molecule has 3 N–H and O–H groups in total. The summed E-state index contributed by atoms with van der Waals surface area (Å²) in [6.07, 6.45) is 2.33. The number of aromatic nitrogens is 2. The average Bonchev–Trinajstić information content (AvgIpc) is 2.73. The summed E-state index contributed by atoms with van der Waals surface area (Å²) in [4.78, 5) is 14.3.